The molecule has 2 saturated carbocycles. The number of carbonyl (C=O) groups is 1. The van der Waals surface area contributed by atoms with Crippen LogP contribution in [0.2, 0.25) is 0 Å². The number of rotatable bonds is 5. The van der Waals surface area contributed by atoms with E-state index in [0.717, 1.165) is 24.2 Å². The lowest BCUT2D eigenvalue weighted by molar-refractivity contribution is -0.124. The maximum Gasteiger partial charge on any atom is 0.231 e. The van der Waals surface area contributed by atoms with Crippen LogP contribution >= 0.6 is 0 Å². The van der Waals surface area contributed by atoms with Crippen LogP contribution in [0.4, 0.5) is 0 Å². The van der Waals surface area contributed by atoms with Gasteiger partial charge in [-0.25, -0.2) is 0 Å². The summed E-state index contributed by atoms with van der Waals surface area (Å²) in [6, 6.07) is 10.4. The van der Waals surface area contributed by atoms with E-state index in [-0.39, 0.29) is 16.7 Å². The van der Waals surface area contributed by atoms with E-state index in [2.05, 4.69) is 39.8 Å². The molecule has 1 atom stereocenters. The lowest BCUT2D eigenvalue weighted by atomic mass is 9.84. The van der Waals surface area contributed by atoms with Crippen molar-refractivity contribution >= 4 is 5.91 Å². The second-order valence-electron chi connectivity index (χ2n) is 7.85. The number of carbonyl (C=O) groups excluding carboxylic acids is 1. The number of nitrogens with zero attached hydrogens (tertiary/aromatic N) is 1. The summed E-state index contributed by atoms with van der Waals surface area (Å²) in [6.45, 7) is 4.72. The van der Waals surface area contributed by atoms with Gasteiger partial charge in [-0.2, -0.15) is 5.10 Å². The fraction of sp³-hybridized carbons (Fsp3) is 0.524. The third kappa shape index (κ3) is 2.50. The molecular formula is C21H27N3O. The molecule has 2 aromatic rings. The van der Waals surface area contributed by atoms with Gasteiger partial charge in [0, 0.05) is 12.2 Å². The first-order valence-corrected chi connectivity index (χ1v) is 9.43. The second kappa shape index (κ2) is 6.01. The van der Waals surface area contributed by atoms with Gasteiger partial charge >= 0.3 is 0 Å². The number of aryl methyl sites for hydroxylation is 2. The van der Waals surface area contributed by atoms with Crippen LogP contribution in [0.25, 0.3) is 0 Å². The van der Waals surface area contributed by atoms with E-state index in [1.165, 1.54) is 36.8 Å². The molecular weight excluding hydrogens is 310 g/mol. The Morgan fingerprint density at radius 3 is 2.56 bits per heavy atom. The number of H-pyrrole nitrogens is 1. The average molecular weight is 337 g/mol. The minimum absolute atomic E-state index is 0.208. The molecule has 0 radical (unpaired) electrons. The van der Waals surface area contributed by atoms with Gasteiger partial charge in [-0.15, -0.1) is 0 Å². The standard InChI is InChI=1S/C21H27N3O/c1-15-18(16(2)24-23-15)10-13-22-19(25)21(17-8-4-3-5-9-17)14-20(21)11-6-7-12-20/h3-5,8-9H,6-7,10-14H2,1-2H3,(H,22,25)(H,23,24)/t21-/m1/s1. The van der Waals surface area contributed by atoms with E-state index < -0.39 is 0 Å². The Labute approximate surface area is 149 Å². The lowest BCUT2D eigenvalue weighted by Crippen LogP contribution is -2.39. The largest absolute Gasteiger partial charge is 0.355 e. The van der Waals surface area contributed by atoms with E-state index in [0.29, 0.717) is 6.54 Å². The van der Waals surface area contributed by atoms with Crippen molar-refractivity contribution in [3.8, 4) is 0 Å². The summed E-state index contributed by atoms with van der Waals surface area (Å²) >= 11 is 0. The summed E-state index contributed by atoms with van der Waals surface area (Å²) in [5.74, 6) is 0.222. The summed E-state index contributed by atoms with van der Waals surface area (Å²) in [4.78, 5) is 13.3. The highest BCUT2D eigenvalue weighted by Gasteiger charge is 2.72. The fourth-order valence-electron chi connectivity index (χ4n) is 5.10. The molecule has 0 aliphatic heterocycles. The van der Waals surface area contributed by atoms with Crippen LogP contribution in [-0.2, 0) is 16.6 Å². The maximum atomic E-state index is 13.3. The average Bonchev–Trinajstić information content (AvgIpc) is 2.85. The molecule has 4 nitrogen and oxygen atoms in total. The van der Waals surface area contributed by atoms with Crippen molar-refractivity contribution in [1.82, 2.24) is 15.5 Å². The summed E-state index contributed by atoms with van der Waals surface area (Å²) < 4.78 is 0. The molecule has 0 unspecified atom stereocenters. The van der Waals surface area contributed by atoms with Crippen molar-refractivity contribution in [3.63, 3.8) is 0 Å². The van der Waals surface area contributed by atoms with Crippen molar-refractivity contribution in [3.05, 3.63) is 52.8 Å². The maximum absolute atomic E-state index is 13.3. The van der Waals surface area contributed by atoms with E-state index in [1.807, 2.05) is 19.9 Å². The number of amides is 1. The van der Waals surface area contributed by atoms with E-state index in [4.69, 9.17) is 0 Å². The van der Waals surface area contributed by atoms with Crippen molar-refractivity contribution in [2.45, 2.75) is 57.8 Å². The molecule has 0 bridgehead atoms. The molecule has 1 spiro atoms. The zero-order chi connectivity index (χ0) is 17.5. The van der Waals surface area contributed by atoms with Crippen LogP contribution in [0, 0.1) is 19.3 Å². The Kier molecular flexibility index (Phi) is 3.94. The monoisotopic (exact) mass is 337 g/mol. The quantitative estimate of drug-likeness (QED) is 0.876. The third-order valence-electron chi connectivity index (χ3n) is 6.54. The number of hydrogen-bond acceptors (Lipinski definition) is 2. The summed E-state index contributed by atoms with van der Waals surface area (Å²) in [5, 5.41) is 10.5. The minimum atomic E-state index is -0.300. The van der Waals surface area contributed by atoms with Gasteiger partial charge in [0.2, 0.25) is 5.91 Å². The van der Waals surface area contributed by atoms with Crippen LogP contribution in [-0.4, -0.2) is 22.6 Å². The lowest BCUT2D eigenvalue weighted by Gasteiger charge is -2.22. The van der Waals surface area contributed by atoms with Crippen molar-refractivity contribution < 1.29 is 4.79 Å². The van der Waals surface area contributed by atoms with Crippen molar-refractivity contribution in [1.29, 1.82) is 0 Å². The zero-order valence-corrected chi connectivity index (χ0v) is 15.2. The Morgan fingerprint density at radius 2 is 1.92 bits per heavy atom. The second-order valence-corrected chi connectivity index (χ2v) is 7.85. The van der Waals surface area contributed by atoms with Crippen LogP contribution in [0.3, 0.4) is 0 Å². The van der Waals surface area contributed by atoms with E-state index in [1.54, 1.807) is 0 Å². The Hall–Kier alpha value is -2.10. The first-order valence-electron chi connectivity index (χ1n) is 9.43. The highest BCUT2D eigenvalue weighted by atomic mass is 16.2. The van der Waals surface area contributed by atoms with Crippen LogP contribution in [0.15, 0.2) is 30.3 Å². The van der Waals surface area contributed by atoms with E-state index in [9.17, 15) is 4.79 Å². The zero-order valence-electron chi connectivity index (χ0n) is 15.2. The molecule has 1 amide bonds. The highest BCUT2D eigenvalue weighted by Crippen LogP contribution is 2.72. The summed E-state index contributed by atoms with van der Waals surface area (Å²) in [7, 11) is 0. The van der Waals surface area contributed by atoms with Gasteiger partial charge in [0.25, 0.3) is 0 Å². The Morgan fingerprint density at radius 1 is 1.20 bits per heavy atom. The molecule has 1 aromatic carbocycles. The number of nitrogens with one attached hydrogen (secondary N) is 2. The third-order valence-corrected chi connectivity index (χ3v) is 6.54. The molecule has 132 valence electrons. The Balaban J connectivity index is 1.50. The van der Waals surface area contributed by atoms with Crippen molar-refractivity contribution in [2.75, 3.05) is 6.54 Å². The first-order chi connectivity index (χ1) is 12.1. The van der Waals surface area contributed by atoms with Gasteiger partial charge in [-0.1, -0.05) is 43.2 Å². The first kappa shape index (κ1) is 16.4. The van der Waals surface area contributed by atoms with Gasteiger partial charge in [-0.05, 0) is 56.1 Å². The summed E-state index contributed by atoms with van der Waals surface area (Å²) in [5.41, 5.74) is 4.46. The predicted octanol–water partition coefficient (Wildman–Crippen LogP) is 3.59. The highest BCUT2D eigenvalue weighted by molar-refractivity contribution is 5.93. The molecule has 1 heterocycles. The molecule has 2 aliphatic rings. The van der Waals surface area contributed by atoms with Gasteiger partial charge in [0.1, 0.15) is 0 Å². The molecule has 1 aromatic heterocycles. The smallest absolute Gasteiger partial charge is 0.231 e. The molecule has 4 rings (SSSR count). The molecule has 4 heteroatoms. The van der Waals surface area contributed by atoms with Crippen LogP contribution in [0.1, 0.15) is 54.6 Å². The summed E-state index contributed by atoms with van der Waals surface area (Å²) in [6.07, 6.45) is 6.74. The van der Waals surface area contributed by atoms with Gasteiger partial charge in [0.05, 0.1) is 11.1 Å². The Bertz CT molecular complexity index is 754. The molecule has 2 N–H and O–H groups in total. The van der Waals surface area contributed by atoms with Gasteiger partial charge < -0.3 is 5.32 Å². The fourth-order valence-corrected chi connectivity index (χ4v) is 5.10. The number of hydrogen-bond donors (Lipinski definition) is 2. The SMILES string of the molecule is Cc1n[nH]c(C)c1CCNC(=O)[C@]1(c2ccccc2)CC12CCCC2. The van der Waals surface area contributed by atoms with E-state index >= 15 is 0 Å². The minimum Gasteiger partial charge on any atom is -0.355 e. The predicted molar refractivity (Wildman–Crippen MR) is 98.4 cm³/mol. The van der Waals surface area contributed by atoms with Gasteiger partial charge in [0.15, 0.2) is 0 Å². The topological polar surface area (TPSA) is 57.8 Å². The van der Waals surface area contributed by atoms with Crippen LogP contribution in [0.5, 0.6) is 0 Å². The molecule has 0 saturated heterocycles. The van der Waals surface area contributed by atoms with Crippen LogP contribution < -0.4 is 5.32 Å². The number of aromatic nitrogens is 2. The molecule has 2 aliphatic carbocycles. The van der Waals surface area contributed by atoms with Crippen molar-refractivity contribution in [2.24, 2.45) is 5.41 Å². The number of aromatic amines is 1. The molecule has 2 fully saturated rings. The normalized spacial score (nSPS) is 23.8. The molecule has 25 heavy (non-hydrogen) atoms. The number of benzene rings is 1. The van der Waals surface area contributed by atoms with Gasteiger partial charge in [-0.3, -0.25) is 9.89 Å².